The minimum Gasteiger partial charge on any atom is -0.495 e. The van der Waals surface area contributed by atoms with Gasteiger partial charge >= 0.3 is 0 Å². The molecule has 0 aliphatic rings. The van der Waals surface area contributed by atoms with Gasteiger partial charge in [0.1, 0.15) is 10.6 Å². The molecule has 6 heteroatoms. The van der Waals surface area contributed by atoms with Crippen LogP contribution in [0.2, 0.25) is 0 Å². The first-order valence-electron chi connectivity index (χ1n) is 6.10. The first kappa shape index (κ1) is 14.5. The van der Waals surface area contributed by atoms with E-state index < -0.39 is 0 Å². The fraction of sp³-hybridized carbons (Fsp3) is 0.286. The van der Waals surface area contributed by atoms with Crippen molar-refractivity contribution in [2.45, 2.75) is 0 Å². The van der Waals surface area contributed by atoms with Crippen LogP contribution in [0.3, 0.4) is 0 Å². The summed E-state index contributed by atoms with van der Waals surface area (Å²) < 4.78 is 10.3. The van der Waals surface area contributed by atoms with Gasteiger partial charge in [0.2, 0.25) is 0 Å². The quantitative estimate of drug-likeness (QED) is 0.820. The second-order valence-electron chi connectivity index (χ2n) is 3.97. The molecule has 0 N–H and O–H groups in total. The van der Waals surface area contributed by atoms with E-state index in [1.807, 2.05) is 5.38 Å². The Balaban J connectivity index is 2.29. The predicted molar refractivity (Wildman–Crippen MR) is 78.7 cm³/mol. The molecule has 2 aromatic heterocycles. The molecule has 1 amide bonds. The van der Waals surface area contributed by atoms with Crippen LogP contribution in [0.4, 0.5) is 5.69 Å². The number of hydrogen-bond acceptors (Lipinski definition) is 5. The van der Waals surface area contributed by atoms with E-state index in [4.69, 9.17) is 9.47 Å². The van der Waals surface area contributed by atoms with Crippen molar-refractivity contribution in [3.63, 3.8) is 0 Å². The van der Waals surface area contributed by atoms with Gasteiger partial charge in [0.05, 0.1) is 13.7 Å². The Morgan fingerprint density at radius 2 is 2.05 bits per heavy atom. The molecule has 0 spiro atoms. The monoisotopic (exact) mass is 292 g/mol. The average molecular weight is 292 g/mol. The zero-order valence-electron chi connectivity index (χ0n) is 11.4. The fourth-order valence-corrected chi connectivity index (χ4v) is 2.60. The van der Waals surface area contributed by atoms with E-state index >= 15 is 0 Å². The van der Waals surface area contributed by atoms with E-state index in [-0.39, 0.29) is 5.91 Å². The van der Waals surface area contributed by atoms with Crippen LogP contribution >= 0.6 is 11.3 Å². The predicted octanol–water partition coefficient (Wildman–Crippen LogP) is 2.44. The summed E-state index contributed by atoms with van der Waals surface area (Å²) in [4.78, 5) is 18.9. The van der Waals surface area contributed by atoms with E-state index in [0.29, 0.717) is 23.8 Å². The van der Waals surface area contributed by atoms with Crippen LogP contribution in [0.15, 0.2) is 36.0 Å². The lowest BCUT2D eigenvalue weighted by Crippen LogP contribution is -2.33. The summed E-state index contributed by atoms with van der Waals surface area (Å²) in [7, 11) is 3.17. The Morgan fingerprint density at radius 1 is 1.30 bits per heavy atom. The molecule has 0 aliphatic carbocycles. The molecule has 0 saturated carbocycles. The minimum atomic E-state index is -0.0971. The molecule has 0 unspecified atom stereocenters. The number of aromatic nitrogens is 1. The van der Waals surface area contributed by atoms with Gasteiger partial charge in [0, 0.05) is 31.7 Å². The molecule has 2 aromatic rings. The average Bonchev–Trinajstić information content (AvgIpc) is 2.97. The van der Waals surface area contributed by atoms with Gasteiger partial charge in [-0.1, -0.05) is 0 Å². The molecule has 2 rings (SSSR count). The van der Waals surface area contributed by atoms with E-state index in [1.54, 1.807) is 49.7 Å². The molecular weight excluding hydrogens is 276 g/mol. The van der Waals surface area contributed by atoms with Crippen LogP contribution in [-0.4, -0.2) is 38.3 Å². The van der Waals surface area contributed by atoms with Crippen molar-refractivity contribution in [1.82, 2.24) is 4.98 Å². The van der Waals surface area contributed by atoms with Crippen molar-refractivity contribution in [2.75, 3.05) is 32.3 Å². The number of pyridine rings is 1. The summed E-state index contributed by atoms with van der Waals surface area (Å²) in [5, 5.41) is 1.84. The summed E-state index contributed by atoms with van der Waals surface area (Å²) in [6, 6.07) is 5.39. The van der Waals surface area contributed by atoms with Gasteiger partial charge < -0.3 is 14.4 Å². The second kappa shape index (κ2) is 7.02. The Kier molecular flexibility index (Phi) is 5.09. The van der Waals surface area contributed by atoms with E-state index in [0.717, 1.165) is 5.69 Å². The molecule has 0 saturated heterocycles. The van der Waals surface area contributed by atoms with Crippen LogP contribution < -0.4 is 9.64 Å². The van der Waals surface area contributed by atoms with Gasteiger partial charge in [0.15, 0.2) is 0 Å². The molecule has 20 heavy (non-hydrogen) atoms. The molecule has 5 nitrogen and oxygen atoms in total. The number of thiophene rings is 1. The highest BCUT2D eigenvalue weighted by atomic mass is 32.1. The normalized spacial score (nSPS) is 10.3. The zero-order valence-corrected chi connectivity index (χ0v) is 12.2. The number of methoxy groups -OCH3 is 2. The maximum absolute atomic E-state index is 12.7. The number of rotatable bonds is 6. The highest BCUT2D eigenvalue weighted by Gasteiger charge is 2.22. The van der Waals surface area contributed by atoms with Crippen molar-refractivity contribution in [2.24, 2.45) is 0 Å². The standard InChI is InChI=1S/C14H16N2O3S/c1-18-9-8-16(11-3-6-15-7-4-11)14(17)13-12(19-2)5-10-20-13/h3-7,10H,8-9H2,1-2H3. The van der Waals surface area contributed by atoms with Gasteiger partial charge in [-0.25, -0.2) is 0 Å². The van der Waals surface area contributed by atoms with Crippen molar-refractivity contribution in [3.8, 4) is 5.75 Å². The second-order valence-corrected chi connectivity index (χ2v) is 4.89. The number of nitrogens with zero attached hydrogens (tertiary/aromatic N) is 2. The third-order valence-electron chi connectivity index (χ3n) is 2.78. The number of carbonyl (C=O) groups is 1. The molecule has 106 valence electrons. The number of ether oxygens (including phenoxy) is 2. The van der Waals surface area contributed by atoms with Crippen LogP contribution in [0.25, 0.3) is 0 Å². The smallest absolute Gasteiger partial charge is 0.272 e. The van der Waals surface area contributed by atoms with Crippen LogP contribution in [0.1, 0.15) is 9.67 Å². The highest BCUT2D eigenvalue weighted by molar-refractivity contribution is 7.12. The van der Waals surface area contributed by atoms with E-state index in [1.165, 1.54) is 11.3 Å². The summed E-state index contributed by atoms with van der Waals surface area (Å²) in [6.07, 6.45) is 3.32. The van der Waals surface area contributed by atoms with E-state index in [9.17, 15) is 4.79 Å². The lowest BCUT2D eigenvalue weighted by molar-refractivity contribution is 0.0977. The number of carbonyl (C=O) groups excluding carboxylic acids is 1. The topological polar surface area (TPSA) is 51.7 Å². The highest BCUT2D eigenvalue weighted by Crippen LogP contribution is 2.27. The van der Waals surface area contributed by atoms with Crippen LogP contribution in [0, 0.1) is 0 Å². The number of amides is 1. The third kappa shape index (κ3) is 3.15. The minimum absolute atomic E-state index is 0.0971. The molecular formula is C14H16N2O3S. The van der Waals surface area contributed by atoms with Gasteiger partial charge in [0.25, 0.3) is 5.91 Å². The summed E-state index contributed by atoms with van der Waals surface area (Å²) in [5.74, 6) is 0.497. The van der Waals surface area contributed by atoms with Gasteiger partial charge in [-0.2, -0.15) is 0 Å². The van der Waals surface area contributed by atoms with Crippen LogP contribution in [0.5, 0.6) is 5.75 Å². The molecule has 0 fully saturated rings. The largest absolute Gasteiger partial charge is 0.495 e. The molecule has 0 atom stereocenters. The molecule has 0 bridgehead atoms. The van der Waals surface area contributed by atoms with Crippen molar-refractivity contribution >= 4 is 22.9 Å². The first-order valence-corrected chi connectivity index (χ1v) is 6.98. The lowest BCUT2D eigenvalue weighted by atomic mass is 10.3. The lowest BCUT2D eigenvalue weighted by Gasteiger charge is -2.22. The van der Waals surface area contributed by atoms with Gasteiger partial charge in [-0.15, -0.1) is 11.3 Å². The van der Waals surface area contributed by atoms with Crippen molar-refractivity contribution in [1.29, 1.82) is 0 Å². The Hall–Kier alpha value is -1.92. The summed E-state index contributed by atoms with van der Waals surface area (Å²) >= 11 is 1.37. The Morgan fingerprint density at radius 3 is 2.70 bits per heavy atom. The van der Waals surface area contributed by atoms with Gasteiger partial charge in [-0.05, 0) is 23.6 Å². The number of hydrogen-bond donors (Lipinski definition) is 0. The zero-order chi connectivity index (χ0) is 14.4. The van der Waals surface area contributed by atoms with Gasteiger partial charge in [-0.3, -0.25) is 9.78 Å². The first-order chi connectivity index (χ1) is 9.77. The van der Waals surface area contributed by atoms with Crippen LogP contribution in [-0.2, 0) is 4.74 Å². The SMILES string of the molecule is COCCN(C(=O)c1sccc1OC)c1ccncc1. The van der Waals surface area contributed by atoms with Crippen molar-refractivity contribution in [3.05, 3.63) is 40.8 Å². The maximum atomic E-state index is 12.7. The molecule has 0 aromatic carbocycles. The molecule has 0 aliphatic heterocycles. The molecule has 2 heterocycles. The third-order valence-corrected chi connectivity index (χ3v) is 3.67. The maximum Gasteiger partial charge on any atom is 0.272 e. The van der Waals surface area contributed by atoms with E-state index in [2.05, 4.69) is 4.98 Å². The van der Waals surface area contributed by atoms with Crippen molar-refractivity contribution < 1.29 is 14.3 Å². The Labute approximate surface area is 121 Å². The fourth-order valence-electron chi connectivity index (χ4n) is 1.79. The molecule has 0 radical (unpaired) electrons. The summed E-state index contributed by atoms with van der Waals surface area (Å²) in [5.41, 5.74) is 0.789. The summed E-state index contributed by atoms with van der Waals surface area (Å²) in [6.45, 7) is 0.933. The Bertz CT molecular complexity index is 557. The number of anilines is 1.